The van der Waals surface area contributed by atoms with Crippen molar-refractivity contribution in [3.05, 3.63) is 59.9 Å². The van der Waals surface area contributed by atoms with Crippen LogP contribution in [-0.2, 0) is 14.8 Å². The van der Waals surface area contributed by atoms with Gasteiger partial charge >= 0.3 is 0 Å². The smallest absolute Gasteiger partial charge is 0.261 e. The Morgan fingerprint density at radius 2 is 1.65 bits per heavy atom. The van der Waals surface area contributed by atoms with Crippen molar-refractivity contribution in [2.75, 3.05) is 37.4 Å². The quantitative estimate of drug-likeness (QED) is 0.671. The van der Waals surface area contributed by atoms with Gasteiger partial charge in [0.2, 0.25) is 0 Å². The standard InChI is InChI=1S/C25H32FN3O4S/c1-18-15-28(16-19(2)33-18)17-20-11-13-29(14-12-20)25(30)21-7-9-22(10-8-21)34(31,32)27-24-6-4-3-5-23(24)26/h3-10,18-20,27H,11-17H2,1-2H3. The molecule has 184 valence electrons. The number of sulfonamides is 1. The molecule has 0 aliphatic carbocycles. The van der Waals surface area contributed by atoms with Crippen LogP contribution >= 0.6 is 0 Å². The van der Waals surface area contributed by atoms with Crippen LogP contribution in [0.25, 0.3) is 0 Å². The number of nitrogens with zero attached hydrogens (tertiary/aromatic N) is 2. The molecule has 0 saturated carbocycles. The van der Waals surface area contributed by atoms with Crippen molar-refractivity contribution in [3.8, 4) is 0 Å². The highest BCUT2D eigenvalue weighted by Gasteiger charge is 2.28. The average Bonchev–Trinajstić information content (AvgIpc) is 2.80. The molecular formula is C25H32FN3O4S. The first-order valence-electron chi connectivity index (χ1n) is 11.8. The van der Waals surface area contributed by atoms with Crippen molar-refractivity contribution in [2.45, 2.75) is 43.8 Å². The number of carbonyl (C=O) groups is 1. The van der Waals surface area contributed by atoms with E-state index in [0.29, 0.717) is 24.6 Å². The molecule has 2 fully saturated rings. The lowest BCUT2D eigenvalue weighted by atomic mass is 9.95. The summed E-state index contributed by atoms with van der Waals surface area (Å²) in [5.74, 6) is -0.199. The van der Waals surface area contributed by atoms with Gasteiger partial charge in [-0.3, -0.25) is 14.4 Å². The number of halogens is 1. The second kappa shape index (κ2) is 10.4. The number of ether oxygens (including phenoxy) is 1. The van der Waals surface area contributed by atoms with Gasteiger partial charge in [-0.25, -0.2) is 12.8 Å². The van der Waals surface area contributed by atoms with E-state index in [1.54, 1.807) is 6.07 Å². The second-order valence-corrected chi connectivity index (χ2v) is 11.0. The third-order valence-electron chi connectivity index (χ3n) is 6.44. The van der Waals surface area contributed by atoms with Crippen molar-refractivity contribution in [1.29, 1.82) is 0 Å². The summed E-state index contributed by atoms with van der Waals surface area (Å²) in [7, 11) is -3.96. The van der Waals surface area contributed by atoms with Gasteiger partial charge in [-0.15, -0.1) is 0 Å². The van der Waals surface area contributed by atoms with Crippen LogP contribution in [-0.4, -0.2) is 69.1 Å². The zero-order chi connectivity index (χ0) is 24.3. The number of hydrogen-bond donors (Lipinski definition) is 1. The first-order chi connectivity index (χ1) is 16.2. The molecule has 0 radical (unpaired) electrons. The van der Waals surface area contributed by atoms with Gasteiger partial charge in [0.05, 0.1) is 22.8 Å². The fourth-order valence-corrected chi connectivity index (χ4v) is 5.89. The maximum atomic E-state index is 13.8. The van der Waals surface area contributed by atoms with Gasteiger partial charge in [-0.2, -0.15) is 0 Å². The third-order valence-corrected chi connectivity index (χ3v) is 7.82. The van der Waals surface area contributed by atoms with Crippen molar-refractivity contribution < 1.29 is 22.3 Å². The van der Waals surface area contributed by atoms with Crippen LogP contribution in [0.15, 0.2) is 53.4 Å². The van der Waals surface area contributed by atoms with Gasteiger partial charge in [0.1, 0.15) is 5.82 Å². The lowest BCUT2D eigenvalue weighted by Crippen LogP contribution is -2.48. The van der Waals surface area contributed by atoms with E-state index >= 15 is 0 Å². The highest BCUT2D eigenvalue weighted by atomic mass is 32.2. The fourth-order valence-electron chi connectivity index (χ4n) is 4.82. The maximum absolute atomic E-state index is 13.8. The second-order valence-electron chi connectivity index (χ2n) is 9.32. The molecule has 2 heterocycles. The molecule has 4 rings (SSSR count). The fraction of sp³-hybridized carbons (Fsp3) is 0.480. The Bertz CT molecular complexity index is 1090. The summed E-state index contributed by atoms with van der Waals surface area (Å²) in [6.45, 7) is 8.52. The predicted molar refractivity (Wildman–Crippen MR) is 129 cm³/mol. The summed E-state index contributed by atoms with van der Waals surface area (Å²) < 4.78 is 47.1. The molecule has 1 amide bonds. The molecule has 2 atom stereocenters. The van der Waals surface area contributed by atoms with Crippen molar-refractivity contribution in [3.63, 3.8) is 0 Å². The minimum Gasteiger partial charge on any atom is -0.373 e. The Hall–Kier alpha value is -2.49. The number of carbonyl (C=O) groups excluding carboxylic acids is 1. The maximum Gasteiger partial charge on any atom is 0.261 e. The molecule has 0 aromatic heterocycles. The van der Waals surface area contributed by atoms with Gasteiger partial charge in [0, 0.05) is 38.3 Å². The van der Waals surface area contributed by atoms with Gasteiger partial charge < -0.3 is 9.64 Å². The van der Waals surface area contributed by atoms with Crippen molar-refractivity contribution >= 4 is 21.6 Å². The van der Waals surface area contributed by atoms with Crippen molar-refractivity contribution in [2.24, 2.45) is 5.92 Å². The van der Waals surface area contributed by atoms with Gasteiger partial charge in [0.25, 0.3) is 15.9 Å². The topological polar surface area (TPSA) is 79.0 Å². The Labute approximate surface area is 200 Å². The molecule has 9 heteroatoms. The van der Waals surface area contributed by atoms with Crippen LogP contribution in [0, 0.1) is 11.7 Å². The summed E-state index contributed by atoms with van der Waals surface area (Å²) >= 11 is 0. The highest BCUT2D eigenvalue weighted by molar-refractivity contribution is 7.92. The summed E-state index contributed by atoms with van der Waals surface area (Å²) in [6.07, 6.45) is 2.40. The summed E-state index contributed by atoms with van der Waals surface area (Å²) in [5.41, 5.74) is 0.325. The van der Waals surface area contributed by atoms with E-state index in [2.05, 4.69) is 23.5 Å². The summed E-state index contributed by atoms with van der Waals surface area (Å²) in [5, 5.41) is 0. The number of amides is 1. The molecule has 7 nitrogen and oxygen atoms in total. The highest BCUT2D eigenvalue weighted by Crippen LogP contribution is 2.23. The van der Waals surface area contributed by atoms with E-state index in [1.807, 2.05) is 4.90 Å². The van der Waals surface area contributed by atoms with Crippen LogP contribution < -0.4 is 4.72 Å². The molecule has 1 N–H and O–H groups in total. The number of hydrogen-bond acceptors (Lipinski definition) is 5. The lowest BCUT2D eigenvalue weighted by molar-refractivity contribution is -0.0728. The lowest BCUT2D eigenvalue weighted by Gasteiger charge is -2.39. The molecule has 2 aromatic carbocycles. The third kappa shape index (κ3) is 5.95. The number of piperidine rings is 1. The number of para-hydroxylation sites is 1. The SMILES string of the molecule is CC1CN(CC2CCN(C(=O)c3ccc(S(=O)(=O)Nc4ccccc4F)cc3)CC2)CC(C)O1. The molecule has 34 heavy (non-hydrogen) atoms. The first kappa shape index (κ1) is 24.6. The summed E-state index contributed by atoms with van der Waals surface area (Å²) in [4.78, 5) is 17.2. The molecule has 0 spiro atoms. The van der Waals surface area contributed by atoms with Crippen LogP contribution in [0.4, 0.5) is 10.1 Å². The van der Waals surface area contributed by atoms with Crippen LogP contribution in [0.3, 0.4) is 0 Å². The molecule has 2 unspecified atom stereocenters. The largest absolute Gasteiger partial charge is 0.373 e. The molecule has 2 aliphatic rings. The zero-order valence-corrected chi connectivity index (χ0v) is 20.4. The average molecular weight is 490 g/mol. The van der Waals surface area contributed by atoms with Crippen molar-refractivity contribution in [1.82, 2.24) is 9.80 Å². The number of rotatable bonds is 6. The van der Waals surface area contributed by atoms with Crippen LogP contribution in [0.5, 0.6) is 0 Å². The zero-order valence-electron chi connectivity index (χ0n) is 19.6. The van der Waals surface area contributed by atoms with Crippen LogP contribution in [0.2, 0.25) is 0 Å². The normalized spacial score (nSPS) is 22.5. The number of likely N-dealkylation sites (tertiary alicyclic amines) is 1. The summed E-state index contributed by atoms with van der Waals surface area (Å²) in [6, 6.07) is 11.4. The number of nitrogens with one attached hydrogen (secondary N) is 1. The van der Waals surface area contributed by atoms with E-state index < -0.39 is 15.8 Å². The Morgan fingerprint density at radius 1 is 1.03 bits per heavy atom. The molecular weight excluding hydrogens is 457 g/mol. The van der Waals surface area contributed by atoms with E-state index in [4.69, 9.17) is 4.74 Å². The van der Waals surface area contributed by atoms with E-state index in [1.165, 1.54) is 42.5 Å². The van der Waals surface area contributed by atoms with E-state index in [9.17, 15) is 17.6 Å². The van der Waals surface area contributed by atoms with Gasteiger partial charge in [-0.05, 0) is 69.0 Å². The number of morpholine rings is 1. The molecule has 2 aromatic rings. The number of anilines is 1. The van der Waals surface area contributed by atoms with Gasteiger partial charge in [0.15, 0.2) is 0 Å². The van der Waals surface area contributed by atoms with E-state index in [-0.39, 0.29) is 28.7 Å². The Kier molecular flexibility index (Phi) is 7.54. The van der Waals surface area contributed by atoms with E-state index in [0.717, 1.165) is 32.5 Å². The van der Waals surface area contributed by atoms with Crippen LogP contribution in [0.1, 0.15) is 37.0 Å². The Morgan fingerprint density at radius 3 is 2.26 bits per heavy atom. The molecule has 0 bridgehead atoms. The molecule has 2 saturated heterocycles. The number of benzene rings is 2. The minimum atomic E-state index is -3.96. The first-order valence-corrected chi connectivity index (χ1v) is 13.2. The Balaban J connectivity index is 1.32. The predicted octanol–water partition coefficient (Wildman–Crippen LogP) is 3.59. The monoisotopic (exact) mass is 489 g/mol. The molecule has 2 aliphatic heterocycles. The minimum absolute atomic E-state index is 0.0278. The van der Waals surface area contributed by atoms with Gasteiger partial charge in [-0.1, -0.05) is 12.1 Å².